The fourth-order valence-electron chi connectivity index (χ4n) is 0.412. The maximum atomic E-state index is 2.16. The standard InChI is InChI=1S/C5H5.2ClH.Ir/c1-2-4-5-3-1;;;/h1-3H,4H2;2*1H;/q;;;+2/p-2. The molecule has 0 unspecified atom stereocenters. The Hall–Kier alpha value is 0.709. The Kier molecular flexibility index (Phi) is 8.39. The molecule has 0 aromatic heterocycles. The van der Waals surface area contributed by atoms with E-state index >= 15 is 0 Å². The summed E-state index contributed by atoms with van der Waals surface area (Å²) in [7, 11) is 0. The fourth-order valence-corrected chi connectivity index (χ4v) is 0.924. The summed E-state index contributed by atoms with van der Waals surface area (Å²) in [6.07, 6.45) is 7.56. The van der Waals surface area contributed by atoms with Gasteiger partial charge in [-0.05, 0) is 0 Å². The van der Waals surface area contributed by atoms with Gasteiger partial charge in [0.15, 0.2) is 0 Å². The van der Waals surface area contributed by atoms with Gasteiger partial charge < -0.3 is 24.8 Å². The van der Waals surface area contributed by atoms with E-state index in [-0.39, 0.29) is 24.8 Å². The van der Waals surface area contributed by atoms with Crippen LogP contribution in [0.5, 0.6) is 0 Å². The first kappa shape index (κ1) is 11.5. The molecule has 8 heavy (non-hydrogen) atoms. The van der Waals surface area contributed by atoms with Crippen LogP contribution in [0.3, 0.4) is 0 Å². The maximum absolute atomic E-state index is 2.16. The summed E-state index contributed by atoms with van der Waals surface area (Å²) in [4.78, 5) is 0. The van der Waals surface area contributed by atoms with E-state index in [0.29, 0.717) is 0 Å². The first-order valence-corrected chi connectivity index (χ1v) is 3.08. The molecule has 0 heterocycles. The van der Waals surface area contributed by atoms with Crippen LogP contribution < -0.4 is 24.8 Å². The average Bonchev–Trinajstić information content (AvgIpc) is 1.86. The Morgan fingerprint density at radius 2 is 2.00 bits per heavy atom. The van der Waals surface area contributed by atoms with E-state index in [2.05, 4.69) is 37.1 Å². The van der Waals surface area contributed by atoms with Crippen LogP contribution in [-0.2, 0) is 18.9 Å². The van der Waals surface area contributed by atoms with Gasteiger partial charge in [0.2, 0.25) is 0 Å². The van der Waals surface area contributed by atoms with E-state index in [1.165, 1.54) is 10.5 Å². The molecule has 1 aliphatic rings. The van der Waals surface area contributed by atoms with Crippen LogP contribution in [0.4, 0.5) is 0 Å². The van der Waals surface area contributed by atoms with Gasteiger partial charge in [-0.15, -0.1) is 0 Å². The van der Waals surface area contributed by atoms with E-state index < -0.39 is 0 Å². The van der Waals surface area contributed by atoms with Gasteiger partial charge in [-0.2, -0.15) is 0 Å². The van der Waals surface area contributed by atoms with E-state index in [1.807, 2.05) is 0 Å². The molecule has 0 spiro atoms. The third-order valence-corrected chi connectivity index (χ3v) is 1.60. The van der Waals surface area contributed by atoms with Crippen LogP contribution in [0.1, 0.15) is 6.42 Å². The van der Waals surface area contributed by atoms with Crippen molar-refractivity contribution in [3.63, 3.8) is 0 Å². The molecule has 0 saturated heterocycles. The quantitative estimate of drug-likeness (QED) is 0.420. The van der Waals surface area contributed by atoms with E-state index in [4.69, 9.17) is 0 Å². The molecular weight excluding hydrogens is 323 g/mol. The third kappa shape index (κ3) is 3.68. The van der Waals surface area contributed by atoms with Gasteiger partial charge in [0, 0.05) is 0 Å². The summed E-state index contributed by atoms with van der Waals surface area (Å²) in [6.45, 7) is 0. The Morgan fingerprint density at radius 3 is 2.12 bits per heavy atom. The second-order valence-electron chi connectivity index (χ2n) is 1.22. The normalized spacial score (nSPS) is 13.9. The van der Waals surface area contributed by atoms with Crippen molar-refractivity contribution in [3.05, 3.63) is 22.3 Å². The molecule has 48 valence electrons. The van der Waals surface area contributed by atoms with Crippen LogP contribution >= 0.6 is 0 Å². The van der Waals surface area contributed by atoms with Gasteiger partial charge >= 0.3 is 47.6 Å². The van der Waals surface area contributed by atoms with Crippen LogP contribution in [0.25, 0.3) is 0 Å². The minimum atomic E-state index is 0. The summed E-state index contributed by atoms with van der Waals surface area (Å²) < 4.78 is 1.47. The molecule has 0 bridgehead atoms. The Morgan fingerprint density at radius 1 is 1.38 bits per heavy atom. The molecule has 1 rings (SSSR count). The SMILES string of the molecule is [Cl-].[Cl-].[Ir+2][C]1=CC=CC1. The monoisotopic (exact) mass is 328 g/mol. The van der Waals surface area contributed by atoms with Crippen molar-refractivity contribution in [3.8, 4) is 0 Å². The summed E-state index contributed by atoms with van der Waals surface area (Å²) in [5, 5.41) is 0. The summed E-state index contributed by atoms with van der Waals surface area (Å²) >= 11 is 2.14. The van der Waals surface area contributed by atoms with Crippen molar-refractivity contribution in [2.24, 2.45) is 0 Å². The molecule has 0 aromatic carbocycles. The first-order valence-electron chi connectivity index (χ1n) is 1.88. The minimum absolute atomic E-state index is 0. The molecule has 0 nitrogen and oxygen atoms in total. The number of allylic oxidation sites excluding steroid dienone is 4. The van der Waals surface area contributed by atoms with Gasteiger partial charge in [-0.25, -0.2) is 0 Å². The summed E-state index contributed by atoms with van der Waals surface area (Å²) in [5.74, 6) is 0. The van der Waals surface area contributed by atoms with Crippen molar-refractivity contribution >= 4 is 0 Å². The second-order valence-corrected chi connectivity index (χ2v) is 2.76. The fraction of sp³-hybridized carbons (Fsp3) is 0.200. The average molecular weight is 328 g/mol. The molecular formula is C5H5Cl2Ir. The van der Waals surface area contributed by atoms with Crippen molar-refractivity contribution < 1.29 is 43.7 Å². The van der Waals surface area contributed by atoms with Crippen molar-refractivity contribution in [2.45, 2.75) is 6.42 Å². The van der Waals surface area contributed by atoms with E-state index in [9.17, 15) is 0 Å². The van der Waals surface area contributed by atoms with Crippen LogP contribution in [0.2, 0.25) is 0 Å². The zero-order valence-electron chi connectivity index (χ0n) is 4.03. The van der Waals surface area contributed by atoms with Gasteiger partial charge in [0.25, 0.3) is 0 Å². The Balaban J connectivity index is 0. The van der Waals surface area contributed by atoms with E-state index in [0.717, 1.165) is 0 Å². The molecule has 0 aliphatic heterocycles. The predicted molar refractivity (Wildman–Crippen MR) is 21.8 cm³/mol. The number of rotatable bonds is 0. The summed E-state index contributed by atoms with van der Waals surface area (Å²) in [6, 6.07) is 0. The molecule has 0 N–H and O–H groups in total. The van der Waals surface area contributed by atoms with Gasteiger partial charge in [-0.1, -0.05) is 0 Å². The van der Waals surface area contributed by atoms with Gasteiger partial charge in [0.05, 0.1) is 0 Å². The van der Waals surface area contributed by atoms with Gasteiger partial charge in [0.1, 0.15) is 0 Å². The second kappa shape index (κ2) is 5.84. The van der Waals surface area contributed by atoms with Crippen LogP contribution in [0.15, 0.2) is 22.3 Å². The topological polar surface area (TPSA) is 0 Å². The number of hydrogen-bond acceptors (Lipinski definition) is 0. The van der Waals surface area contributed by atoms with Crippen LogP contribution in [0, 0.1) is 0 Å². The summed E-state index contributed by atoms with van der Waals surface area (Å²) in [5.41, 5.74) is 0. The molecule has 3 heteroatoms. The predicted octanol–water partition coefficient (Wildman–Crippen LogP) is -4.61. The van der Waals surface area contributed by atoms with Crippen molar-refractivity contribution in [1.29, 1.82) is 0 Å². The Bertz CT molecular complexity index is 107. The van der Waals surface area contributed by atoms with Gasteiger partial charge in [-0.3, -0.25) is 0 Å². The Labute approximate surface area is 72.4 Å². The van der Waals surface area contributed by atoms with Crippen LogP contribution in [-0.4, -0.2) is 0 Å². The number of halogens is 2. The molecule has 0 amide bonds. The molecule has 0 saturated carbocycles. The molecule has 1 aliphatic carbocycles. The van der Waals surface area contributed by atoms with Crippen molar-refractivity contribution in [2.75, 3.05) is 0 Å². The first-order chi connectivity index (χ1) is 2.89. The van der Waals surface area contributed by atoms with E-state index in [1.54, 1.807) is 0 Å². The molecule has 0 atom stereocenters. The zero-order valence-corrected chi connectivity index (χ0v) is 7.94. The third-order valence-electron chi connectivity index (χ3n) is 0.709. The van der Waals surface area contributed by atoms with Crippen molar-refractivity contribution in [1.82, 2.24) is 0 Å². The molecule has 0 radical (unpaired) electrons. The zero-order chi connectivity index (χ0) is 4.41. The number of hydrogen-bond donors (Lipinski definition) is 0. The molecule has 0 aromatic rings. The molecule has 0 fully saturated rings.